The molecule has 0 saturated carbocycles. The zero-order valence-electron chi connectivity index (χ0n) is 61.5. The first-order chi connectivity index (χ1) is 43.3. The number of amides is 4. The van der Waals surface area contributed by atoms with Crippen LogP contribution in [-0.4, -0.2) is 289 Å². The van der Waals surface area contributed by atoms with E-state index >= 15 is 0 Å². The molecule has 0 aliphatic heterocycles. The van der Waals surface area contributed by atoms with E-state index in [9.17, 15) is 19.2 Å². The predicted octanol–water partition coefficient (Wildman–Crippen LogP) is -0.827. The molecular weight excluding hydrogens is 1150 g/mol. The van der Waals surface area contributed by atoms with Crippen LogP contribution in [0.4, 0.5) is 0 Å². The Morgan fingerprint density at radius 2 is 0.560 bits per heavy atom. The molecule has 0 spiro atoms. The van der Waals surface area contributed by atoms with E-state index < -0.39 is 0 Å². The van der Waals surface area contributed by atoms with E-state index in [2.05, 4.69) is 117 Å². The summed E-state index contributed by atoms with van der Waals surface area (Å²) in [7, 11) is 4.24. The largest absolute Gasteiger partial charge is 0.356 e. The second kappa shape index (κ2) is 76.2. The van der Waals surface area contributed by atoms with Crippen molar-refractivity contribution in [2.24, 2.45) is 81.0 Å². The fourth-order valence-corrected chi connectivity index (χ4v) is 8.15. The minimum absolute atomic E-state index is 0.0440. The van der Waals surface area contributed by atoms with E-state index in [0.29, 0.717) is 76.8 Å². The molecule has 0 heterocycles. The molecule has 0 fully saturated rings. The summed E-state index contributed by atoms with van der Waals surface area (Å²) >= 11 is 0. The Kier molecular flexibility index (Phi) is 83.1. The third-order valence-corrected chi connectivity index (χ3v) is 13.7. The molecule has 91 heavy (non-hydrogen) atoms. The fourth-order valence-electron chi connectivity index (χ4n) is 8.15. The first kappa shape index (κ1) is 99.2. The van der Waals surface area contributed by atoms with Gasteiger partial charge in [0.2, 0.25) is 23.6 Å². The maximum Gasteiger partial charge on any atom is 0.222 e. The van der Waals surface area contributed by atoms with Gasteiger partial charge in [-0.15, -0.1) is 0 Å². The molecule has 26 N–H and O–H groups in total. The number of nitrogens with one attached hydrogen (secondary N) is 6. The number of nitrogens with two attached hydrogens (primary N) is 10. The van der Waals surface area contributed by atoms with Crippen molar-refractivity contribution in [3.8, 4) is 0 Å². The van der Waals surface area contributed by atoms with Crippen LogP contribution in [0, 0.1) is 23.7 Å². The minimum Gasteiger partial charge on any atom is -0.356 e. The molecule has 0 rings (SSSR count). The number of rotatable bonds is 53. The quantitative estimate of drug-likeness (QED) is 0.0331. The van der Waals surface area contributed by atoms with Gasteiger partial charge in [-0.2, -0.15) is 0 Å². The summed E-state index contributed by atoms with van der Waals surface area (Å²) in [6.07, 6.45) is 8.94. The van der Waals surface area contributed by atoms with Crippen LogP contribution in [0.15, 0.2) is 0 Å². The Morgan fingerprint density at radius 3 is 0.879 bits per heavy atom. The van der Waals surface area contributed by atoms with Gasteiger partial charge in [0.15, 0.2) is 0 Å². The highest BCUT2D eigenvalue weighted by atomic mass is 16.2. The average Bonchev–Trinajstić information content (AvgIpc) is 3.67. The second-order valence-electron chi connectivity index (χ2n) is 25.2. The average molecular weight is 1310 g/mol. The molecule has 0 bridgehead atoms. The van der Waals surface area contributed by atoms with Gasteiger partial charge in [-0.05, 0) is 150 Å². The lowest BCUT2D eigenvalue weighted by Crippen LogP contribution is -2.40. The van der Waals surface area contributed by atoms with Crippen molar-refractivity contribution in [1.29, 1.82) is 0 Å². The molecule has 0 radical (unpaired) electrons. The van der Waals surface area contributed by atoms with Crippen molar-refractivity contribution in [3.63, 3.8) is 0 Å². The normalized spacial score (nSPS) is 11.3. The molecule has 0 unspecified atom stereocenters. The summed E-state index contributed by atoms with van der Waals surface area (Å²) in [6, 6.07) is 1.16. The maximum atomic E-state index is 11.5. The maximum absolute atomic E-state index is 11.5. The van der Waals surface area contributed by atoms with Gasteiger partial charge in [0, 0.05) is 167 Å². The van der Waals surface area contributed by atoms with Gasteiger partial charge >= 0.3 is 0 Å². The minimum atomic E-state index is 0.0440. The summed E-state index contributed by atoms with van der Waals surface area (Å²) in [4.78, 5) is 58.9. The molecule has 0 aromatic rings. The number of hydrogen-bond acceptors (Lipinski definition) is 22. The van der Waals surface area contributed by atoms with E-state index in [1.165, 1.54) is 13.0 Å². The van der Waals surface area contributed by atoms with Crippen LogP contribution < -0.4 is 89.2 Å². The third-order valence-electron chi connectivity index (χ3n) is 13.7. The molecule has 0 saturated heterocycles. The highest BCUT2D eigenvalue weighted by Crippen LogP contribution is 2.03. The third kappa shape index (κ3) is 83.2. The lowest BCUT2D eigenvalue weighted by Gasteiger charge is -2.21. The van der Waals surface area contributed by atoms with Crippen molar-refractivity contribution >= 4 is 23.6 Å². The van der Waals surface area contributed by atoms with E-state index in [0.717, 1.165) is 195 Å². The molecule has 0 atom stereocenters. The highest BCUT2D eigenvalue weighted by Gasteiger charge is 2.11. The van der Waals surface area contributed by atoms with Gasteiger partial charge in [0.25, 0.3) is 0 Å². The summed E-state index contributed by atoms with van der Waals surface area (Å²) < 4.78 is 0. The van der Waals surface area contributed by atoms with E-state index in [-0.39, 0.29) is 41.4 Å². The van der Waals surface area contributed by atoms with Crippen molar-refractivity contribution in [2.45, 2.75) is 153 Å². The van der Waals surface area contributed by atoms with E-state index in [1.807, 2.05) is 41.5 Å². The second-order valence-corrected chi connectivity index (χ2v) is 25.2. The molecule has 0 aromatic heterocycles. The summed E-state index contributed by atoms with van der Waals surface area (Å²) in [5.41, 5.74) is 54.8. The Hall–Kier alpha value is -2.84. The van der Waals surface area contributed by atoms with Crippen molar-refractivity contribution in [2.75, 3.05) is 224 Å². The fraction of sp³-hybridized carbons (Fsp3) is 0.938. The van der Waals surface area contributed by atoms with Gasteiger partial charge in [-0.3, -0.25) is 33.9 Å². The van der Waals surface area contributed by atoms with Crippen LogP contribution in [0.3, 0.4) is 0 Å². The molecule has 26 nitrogen and oxygen atoms in total. The number of nitrogens with zero attached hydrogens (tertiary/aromatic N) is 6. The van der Waals surface area contributed by atoms with Crippen molar-refractivity contribution < 1.29 is 19.2 Å². The standard InChI is InChI=1S/C13H30N4O.C12H28N4O.C11H25N3O.C10H24N4O.C10H25N3.C9H24N4/c1-12(2)13(18)16-8-5-11-17(9-3-6-14)10-4-7-15;1-11(2)3-4-12(17)15-7-10-16(8-5-13)9-6-14;1-10(2)11(15)13-7-5-9-14(3)8-4-6-12;1-9(2)10(15)13-5-8-14(6-3-11)7-4-12;1-10(2)12-7-5-9-13(3)8-4-6-11;1-9(2)12-5-8-13(6-3-10)7-4-11/h12H,3-11,14-15H2,1-2H3,(H,16,18);11H,3-10,13-14H2,1-2H3,(H,15,17);10H,4-9,12H2,1-3H3,(H,13,15);9H,3-8,11-12H2,1-2H3,(H,13,15);10,12H,4-9,11H2,1-3H3;9,12H,3-8,10-11H2,1-2H3. The monoisotopic (exact) mass is 1310 g/mol. The Balaban J connectivity index is -0.000000239. The molecule has 0 aliphatic rings. The summed E-state index contributed by atoms with van der Waals surface area (Å²) in [5, 5.41) is 18.4. The van der Waals surface area contributed by atoms with Gasteiger partial charge in [-0.25, -0.2) is 0 Å². The zero-order valence-corrected chi connectivity index (χ0v) is 61.5. The molecule has 26 heteroatoms. The first-order valence-electron chi connectivity index (χ1n) is 35.1. The van der Waals surface area contributed by atoms with Crippen LogP contribution in [0.2, 0.25) is 0 Å². The van der Waals surface area contributed by atoms with Gasteiger partial charge in [0.1, 0.15) is 0 Å². The van der Waals surface area contributed by atoms with E-state index in [4.69, 9.17) is 57.3 Å². The van der Waals surface area contributed by atoms with Crippen LogP contribution in [0.1, 0.15) is 141 Å². The Labute approximate surface area is 559 Å². The summed E-state index contributed by atoms with van der Waals surface area (Å²) in [5.74, 6) is 1.27. The molecule has 550 valence electrons. The van der Waals surface area contributed by atoms with Crippen molar-refractivity contribution in [1.82, 2.24) is 61.3 Å². The molecule has 4 amide bonds. The van der Waals surface area contributed by atoms with Crippen LogP contribution in [-0.2, 0) is 19.2 Å². The van der Waals surface area contributed by atoms with Crippen LogP contribution in [0.5, 0.6) is 0 Å². The Morgan fingerprint density at radius 1 is 0.297 bits per heavy atom. The molecule has 0 aromatic carbocycles. The Bertz CT molecular complexity index is 1480. The van der Waals surface area contributed by atoms with E-state index in [1.54, 1.807) is 0 Å². The molecular formula is C65H156N22O4. The topological polar surface area (TPSA) is 420 Å². The first-order valence-corrected chi connectivity index (χ1v) is 35.1. The smallest absolute Gasteiger partial charge is 0.222 e. The zero-order chi connectivity index (χ0) is 70.5. The van der Waals surface area contributed by atoms with Gasteiger partial charge < -0.3 is 104 Å². The molecule has 0 aliphatic carbocycles. The summed E-state index contributed by atoms with van der Waals surface area (Å²) in [6.45, 7) is 51.4. The highest BCUT2D eigenvalue weighted by molar-refractivity contribution is 5.78. The van der Waals surface area contributed by atoms with Gasteiger partial charge in [0.05, 0.1) is 0 Å². The predicted molar refractivity (Wildman–Crippen MR) is 391 cm³/mol. The number of carbonyl (C=O) groups excluding carboxylic acids is 4. The number of hydrogen-bond donors (Lipinski definition) is 16. The lowest BCUT2D eigenvalue weighted by molar-refractivity contribution is -0.124. The lowest BCUT2D eigenvalue weighted by atomic mass is 10.1. The van der Waals surface area contributed by atoms with Crippen LogP contribution in [0.25, 0.3) is 0 Å². The SMILES string of the molecule is CC(C)C(=O)NCCCN(C)CCCN.CC(C)C(=O)NCCCN(CCCN)CCCN.CC(C)C(=O)NCCN(CCN)CCN.CC(C)CCC(=O)NCCN(CCN)CCN.CC(C)NCCCN(C)CCCN.CC(C)NCCN(CCN)CCN. The van der Waals surface area contributed by atoms with Crippen molar-refractivity contribution in [3.05, 3.63) is 0 Å². The van der Waals surface area contributed by atoms with Crippen LogP contribution >= 0.6 is 0 Å². The van der Waals surface area contributed by atoms with Gasteiger partial charge in [-0.1, -0.05) is 83.1 Å². The number of carbonyl (C=O) groups is 4.